The van der Waals surface area contributed by atoms with E-state index in [-0.39, 0.29) is 5.91 Å². The van der Waals surface area contributed by atoms with Gasteiger partial charge in [0.15, 0.2) is 0 Å². The lowest BCUT2D eigenvalue weighted by atomic mass is 10.1. The van der Waals surface area contributed by atoms with E-state index in [1.165, 1.54) is 6.26 Å². The molecule has 0 spiro atoms. The molecule has 0 aliphatic heterocycles. The van der Waals surface area contributed by atoms with E-state index in [0.29, 0.717) is 11.1 Å². The maximum absolute atomic E-state index is 11.6. The number of anilines is 1. The molecule has 1 amide bonds. The highest BCUT2D eigenvalue weighted by Crippen LogP contribution is 2.31. The average Bonchev–Trinajstić information content (AvgIpc) is 2.81. The maximum Gasteiger partial charge on any atom is 0.254 e. The topological polar surface area (TPSA) is 54.3 Å². The molecule has 0 aliphatic rings. The second kappa shape index (κ2) is 6.44. The molecule has 0 atom stereocenters. The lowest BCUT2D eigenvalue weighted by molar-refractivity contribution is 0.0964. The van der Waals surface area contributed by atoms with Crippen LogP contribution in [0.1, 0.15) is 24.2 Å². The maximum atomic E-state index is 11.6. The van der Waals surface area contributed by atoms with Gasteiger partial charge in [0.2, 0.25) is 0 Å². The first kappa shape index (κ1) is 14.6. The van der Waals surface area contributed by atoms with E-state index in [9.17, 15) is 4.79 Å². The Morgan fingerprint density at radius 3 is 2.50 bits per heavy atom. The van der Waals surface area contributed by atoms with E-state index in [0.717, 1.165) is 15.5 Å². The van der Waals surface area contributed by atoms with Crippen LogP contribution in [0.3, 0.4) is 0 Å². The number of rotatable bonds is 2. The Hall–Kier alpha value is -1.49. The number of halogens is 1. The highest BCUT2D eigenvalue weighted by molar-refractivity contribution is 9.10. The third-order valence-corrected chi connectivity index (χ3v) is 3.06. The van der Waals surface area contributed by atoms with Crippen molar-refractivity contribution in [3.63, 3.8) is 0 Å². The van der Waals surface area contributed by atoms with Crippen LogP contribution >= 0.6 is 15.9 Å². The van der Waals surface area contributed by atoms with Crippen molar-refractivity contribution in [2.24, 2.45) is 0 Å². The Balaban J connectivity index is 0.000000771. The van der Waals surface area contributed by atoms with Gasteiger partial charge >= 0.3 is 0 Å². The van der Waals surface area contributed by atoms with Gasteiger partial charge in [-0.2, -0.15) is 0 Å². The van der Waals surface area contributed by atoms with E-state index < -0.39 is 0 Å². The molecular weight excluding hydrogens is 296 g/mol. The molecule has 2 rings (SSSR count). The van der Waals surface area contributed by atoms with Crippen LogP contribution in [0.15, 0.2) is 27.3 Å². The summed E-state index contributed by atoms with van der Waals surface area (Å²) < 4.78 is 6.25. The fraction of sp³-hybridized carbons (Fsp3) is 0.308. The number of hydrogen-bond acceptors (Lipinski definition) is 3. The second-order valence-corrected chi connectivity index (χ2v) is 4.16. The molecule has 0 unspecified atom stereocenters. The Morgan fingerprint density at radius 2 is 1.94 bits per heavy atom. The number of carbonyl (C=O) groups excluding carboxylic acids is 1. The number of amides is 1. The minimum absolute atomic E-state index is 0.150. The highest BCUT2D eigenvalue weighted by atomic mass is 79.9. The molecule has 0 saturated heterocycles. The Bertz CT molecular complexity index is 549. The summed E-state index contributed by atoms with van der Waals surface area (Å²) in [6.45, 7) is 4.00. The van der Waals surface area contributed by atoms with Crippen molar-refractivity contribution in [1.82, 2.24) is 5.32 Å². The van der Waals surface area contributed by atoms with E-state index >= 15 is 0 Å². The van der Waals surface area contributed by atoms with E-state index in [1.54, 1.807) is 7.05 Å². The highest BCUT2D eigenvalue weighted by Gasteiger charge is 2.14. The average molecular weight is 313 g/mol. The first-order valence-electron chi connectivity index (χ1n) is 5.78. The SMILES string of the molecule is CC.CNC(=O)c1coc2cc(NC)c(Br)cc12. The van der Waals surface area contributed by atoms with Gasteiger partial charge in [0.05, 0.1) is 11.3 Å². The molecule has 0 fully saturated rings. The molecule has 4 nitrogen and oxygen atoms in total. The number of benzene rings is 1. The molecule has 5 heteroatoms. The van der Waals surface area contributed by atoms with Crippen LogP contribution in [0.5, 0.6) is 0 Å². The predicted octanol–water partition coefficient (Wildman–Crippen LogP) is 3.62. The molecule has 1 aromatic carbocycles. The van der Waals surface area contributed by atoms with Crippen LogP contribution < -0.4 is 10.6 Å². The van der Waals surface area contributed by atoms with Crippen molar-refractivity contribution in [2.45, 2.75) is 13.8 Å². The molecule has 0 radical (unpaired) electrons. The fourth-order valence-electron chi connectivity index (χ4n) is 1.55. The van der Waals surface area contributed by atoms with Crippen LogP contribution in [0.2, 0.25) is 0 Å². The van der Waals surface area contributed by atoms with Gasteiger partial charge in [-0.15, -0.1) is 0 Å². The molecule has 0 saturated carbocycles. The van der Waals surface area contributed by atoms with Gasteiger partial charge in [-0.25, -0.2) is 0 Å². The summed E-state index contributed by atoms with van der Waals surface area (Å²) in [6.07, 6.45) is 1.47. The summed E-state index contributed by atoms with van der Waals surface area (Å²) >= 11 is 3.43. The van der Waals surface area contributed by atoms with Crippen molar-refractivity contribution in [3.05, 3.63) is 28.4 Å². The Kier molecular flexibility index (Phi) is 5.22. The summed E-state index contributed by atoms with van der Waals surface area (Å²) in [6, 6.07) is 3.72. The summed E-state index contributed by atoms with van der Waals surface area (Å²) in [7, 11) is 3.42. The first-order valence-corrected chi connectivity index (χ1v) is 6.57. The molecule has 98 valence electrons. The minimum Gasteiger partial charge on any atom is -0.463 e. The van der Waals surface area contributed by atoms with Gasteiger partial charge in [0, 0.05) is 30.0 Å². The Labute approximate surface area is 115 Å². The minimum atomic E-state index is -0.150. The third kappa shape index (κ3) is 2.67. The van der Waals surface area contributed by atoms with Gasteiger partial charge in [0.1, 0.15) is 11.8 Å². The van der Waals surface area contributed by atoms with Gasteiger partial charge in [-0.1, -0.05) is 13.8 Å². The Morgan fingerprint density at radius 1 is 1.28 bits per heavy atom. The van der Waals surface area contributed by atoms with E-state index in [2.05, 4.69) is 26.6 Å². The van der Waals surface area contributed by atoms with Gasteiger partial charge in [-0.3, -0.25) is 4.79 Å². The van der Waals surface area contributed by atoms with Crippen LogP contribution in [0.25, 0.3) is 11.0 Å². The molecular formula is C13H17BrN2O2. The van der Waals surface area contributed by atoms with Crippen molar-refractivity contribution in [2.75, 3.05) is 19.4 Å². The summed E-state index contributed by atoms with van der Waals surface area (Å²) in [4.78, 5) is 11.6. The summed E-state index contributed by atoms with van der Waals surface area (Å²) in [5.41, 5.74) is 2.15. The van der Waals surface area contributed by atoms with Gasteiger partial charge in [-0.05, 0) is 22.0 Å². The summed E-state index contributed by atoms with van der Waals surface area (Å²) in [5.74, 6) is -0.150. The van der Waals surface area contributed by atoms with Gasteiger partial charge in [0.25, 0.3) is 5.91 Å². The zero-order valence-electron chi connectivity index (χ0n) is 10.9. The number of nitrogens with one attached hydrogen (secondary N) is 2. The van der Waals surface area contributed by atoms with Gasteiger partial charge < -0.3 is 15.1 Å². The standard InChI is InChI=1S/C11H11BrN2O2.C2H6/c1-13-9-4-10-6(3-8(9)12)7(5-16-10)11(15)14-2;1-2/h3-5,13H,1-2H3,(H,14,15);1-2H3. The van der Waals surface area contributed by atoms with Crippen molar-refractivity contribution in [3.8, 4) is 0 Å². The van der Waals surface area contributed by atoms with E-state index in [4.69, 9.17) is 4.42 Å². The molecule has 2 aromatic rings. The van der Waals surface area contributed by atoms with Crippen molar-refractivity contribution >= 4 is 38.5 Å². The first-order chi connectivity index (χ1) is 8.67. The molecule has 1 heterocycles. The lowest BCUT2D eigenvalue weighted by Crippen LogP contribution is -2.17. The lowest BCUT2D eigenvalue weighted by Gasteiger charge is -2.03. The second-order valence-electron chi connectivity index (χ2n) is 3.31. The molecule has 18 heavy (non-hydrogen) atoms. The number of furan rings is 1. The smallest absolute Gasteiger partial charge is 0.254 e. The molecule has 1 aromatic heterocycles. The number of carbonyl (C=O) groups is 1. The molecule has 0 aliphatic carbocycles. The number of fused-ring (bicyclic) bond motifs is 1. The zero-order chi connectivity index (χ0) is 13.7. The monoisotopic (exact) mass is 312 g/mol. The largest absolute Gasteiger partial charge is 0.463 e. The summed E-state index contributed by atoms with van der Waals surface area (Å²) in [5, 5.41) is 6.41. The predicted molar refractivity (Wildman–Crippen MR) is 78.2 cm³/mol. The normalized spacial score (nSPS) is 9.61. The van der Waals surface area contributed by atoms with Crippen LogP contribution in [-0.2, 0) is 0 Å². The quantitative estimate of drug-likeness (QED) is 0.890. The van der Waals surface area contributed by atoms with Crippen LogP contribution in [0, 0.1) is 0 Å². The van der Waals surface area contributed by atoms with Crippen LogP contribution in [0.4, 0.5) is 5.69 Å². The molecule has 2 N–H and O–H groups in total. The third-order valence-electron chi connectivity index (χ3n) is 2.40. The van der Waals surface area contributed by atoms with E-state index in [1.807, 2.05) is 33.0 Å². The van der Waals surface area contributed by atoms with Crippen molar-refractivity contribution < 1.29 is 9.21 Å². The van der Waals surface area contributed by atoms with Crippen LogP contribution in [-0.4, -0.2) is 20.0 Å². The van der Waals surface area contributed by atoms with Crippen molar-refractivity contribution in [1.29, 1.82) is 0 Å². The number of hydrogen-bond donors (Lipinski definition) is 2. The molecule has 0 bridgehead atoms. The fourth-order valence-corrected chi connectivity index (χ4v) is 2.09. The zero-order valence-corrected chi connectivity index (χ0v) is 12.5.